The molecule has 0 unspecified atom stereocenters. The Morgan fingerprint density at radius 3 is 2.56 bits per heavy atom. The number of amides is 1. The third-order valence-corrected chi connectivity index (χ3v) is 4.73. The lowest BCUT2D eigenvalue weighted by Crippen LogP contribution is -2.24. The van der Waals surface area contributed by atoms with Crippen molar-refractivity contribution in [3.05, 3.63) is 70.0 Å². The third-order valence-electron chi connectivity index (χ3n) is 4.73. The highest BCUT2D eigenvalue weighted by Gasteiger charge is 2.12. The van der Waals surface area contributed by atoms with Crippen molar-refractivity contribution in [2.24, 2.45) is 0 Å². The zero-order valence-electron chi connectivity index (χ0n) is 15.9. The summed E-state index contributed by atoms with van der Waals surface area (Å²) < 4.78 is 7.05. The molecule has 0 spiro atoms. The number of hydrogen-bond acceptors (Lipinski definition) is 3. The third kappa shape index (κ3) is 4.03. The van der Waals surface area contributed by atoms with Crippen LogP contribution in [-0.4, -0.2) is 17.6 Å². The highest BCUT2D eigenvalue weighted by Crippen LogP contribution is 2.26. The van der Waals surface area contributed by atoms with Gasteiger partial charge < -0.3 is 14.6 Å². The van der Waals surface area contributed by atoms with Crippen LogP contribution in [0, 0.1) is 6.92 Å². The Balaban J connectivity index is 1.82. The molecule has 1 N–H and O–H groups in total. The fourth-order valence-corrected chi connectivity index (χ4v) is 3.22. The summed E-state index contributed by atoms with van der Waals surface area (Å²) in [5.74, 6) is 0.499. The molecule has 3 aromatic rings. The van der Waals surface area contributed by atoms with Gasteiger partial charge in [-0.3, -0.25) is 9.59 Å². The van der Waals surface area contributed by atoms with E-state index in [1.54, 1.807) is 17.7 Å². The van der Waals surface area contributed by atoms with E-state index in [0.717, 1.165) is 28.6 Å². The van der Waals surface area contributed by atoms with Crippen LogP contribution >= 0.6 is 0 Å². The first kappa shape index (κ1) is 18.7. The number of rotatable bonds is 6. The van der Waals surface area contributed by atoms with Gasteiger partial charge in [-0.2, -0.15) is 0 Å². The molecule has 1 aromatic heterocycles. The highest BCUT2D eigenvalue weighted by atomic mass is 16.5. The first-order chi connectivity index (χ1) is 13.0. The Morgan fingerprint density at radius 2 is 1.89 bits per heavy atom. The fourth-order valence-electron chi connectivity index (χ4n) is 3.22. The molecule has 0 aliphatic heterocycles. The molecular weight excluding hydrogens is 340 g/mol. The second-order valence-corrected chi connectivity index (χ2v) is 6.52. The van der Waals surface area contributed by atoms with Gasteiger partial charge >= 0.3 is 0 Å². The molecule has 0 aliphatic rings. The van der Waals surface area contributed by atoms with E-state index in [-0.39, 0.29) is 24.4 Å². The van der Waals surface area contributed by atoms with Crippen molar-refractivity contribution in [3.8, 4) is 5.75 Å². The van der Waals surface area contributed by atoms with Crippen LogP contribution in [0.4, 0.5) is 5.69 Å². The molecule has 0 radical (unpaired) electrons. The quantitative estimate of drug-likeness (QED) is 0.721. The summed E-state index contributed by atoms with van der Waals surface area (Å²) in [6.45, 7) is 4.28. The first-order valence-corrected chi connectivity index (χ1v) is 9.09. The Morgan fingerprint density at radius 1 is 1.15 bits per heavy atom. The Kier molecular flexibility index (Phi) is 5.60. The molecule has 5 heteroatoms. The van der Waals surface area contributed by atoms with Crippen LogP contribution in [-0.2, 0) is 17.8 Å². The van der Waals surface area contributed by atoms with Crippen LogP contribution in [0.25, 0.3) is 10.9 Å². The van der Waals surface area contributed by atoms with Gasteiger partial charge in [0.1, 0.15) is 5.75 Å². The molecule has 1 heterocycles. The molecule has 0 fully saturated rings. The monoisotopic (exact) mass is 364 g/mol. The number of nitrogens with one attached hydrogen (secondary N) is 1. The molecular formula is C22H24N2O3. The number of benzene rings is 2. The number of para-hydroxylation sites is 1. The van der Waals surface area contributed by atoms with E-state index in [1.807, 2.05) is 49.4 Å². The topological polar surface area (TPSA) is 60.3 Å². The molecule has 5 nitrogen and oxygen atoms in total. The van der Waals surface area contributed by atoms with E-state index in [0.29, 0.717) is 5.75 Å². The van der Waals surface area contributed by atoms with E-state index in [1.165, 1.54) is 5.56 Å². The van der Waals surface area contributed by atoms with Gasteiger partial charge in [0.25, 0.3) is 5.56 Å². The summed E-state index contributed by atoms with van der Waals surface area (Å²) in [6.07, 6.45) is 1.16. The van der Waals surface area contributed by atoms with Crippen LogP contribution in [0.2, 0.25) is 0 Å². The Bertz CT molecular complexity index is 1020. The van der Waals surface area contributed by atoms with Gasteiger partial charge in [0.05, 0.1) is 12.6 Å². The van der Waals surface area contributed by atoms with Gasteiger partial charge in [0, 0.05) is 30.1 Å². The SMILES string of the molecule is CCc1ccc(NC(=O)CCn2c(=O)cc(C)c3cccc(OC)c32)cc1. The molecule has 0 aliphatic carbocycles. The molecule has 27 heavy (non-hydrogen) atoms. The number of nitrogens with zero attached hydrogens (tertiary/aromatic N) is 1. The lowest BCUT2D eigenvalue weighted by molar-refractivity contribution is -0.116. The molecule has 2 aromatic carbocycles. The molecule has 1 amide bonds. The maximum Gasteiger partial charge on any atom is 0.251 e. The largest absolute Gasteiger partial charge is 0.495 e. The van der Waals surface area contributed by atoms with Crippen molar-refractivity contribution in [2.45, 2.75) is 33.2 Å². The average molecular weight is 364 g/mol. The van der Waals surface area contributed by atoms with Gasteiger partial charge in [-0.1, -0.05) is 31.2 Å². The smallest absolute Gasteiger partial charge is 0.251 e. The number of methoxy groups -OCH3 is 1. The summed E-state index contributed by atoms with van der Waals surface area (Å²) in [6, 6.07) is 15.1. The number of pyridine rings is 1. The highest BCUT2D eigenvalue weighted by molar-refractivity contribution is 5.91. The minimum absolute atomic E-state index is 0.130. The van der Waals surface area contributed by atoms with Gasteiger partial charge in [0.2, 0.25) is 5.91 Å². The zero-order valence-corrected chi connectivity index (χ0v) is 15.9. The van der Waals surface area contributed by atoms with Crippen molar-refractivity contribution in [1.29, 1.82) is 0 Å². The normalized spacial score (nSPS) is 10.8. The second-order valence-electron chi connectivity index (χ2n) is 6.52. The predicted octanol–water partition coefficient (Wildman–Crippen LogP) is 3.91. The van der Waals surface area contributed by atoms with Crippen LogP contribution in [0.3, 0.4) is 0 Å². The molecule has 0 atom stereocenters. The van der Waals surface area contributed by atoms with Crippen LogP contribution in [0.1, 0.15) is 24.5 Å². The molecule has 140 valence electrons. The summed E-state index contributed by atoms with van der Waals surface area (Å²) in [7, 11) is 1.58. The standard InChI is InChI=1S/C22H24N2O3/c1-4-16-8-10-17(11-9-16)23-20(25)12-13-24-21(26)14-15(2)18-6-5-7-19(27-3)22(18)24/h5-11,14H,4,12-13H2,1-3H3,(H,23,25). The number of aryl methyl sites for hydroxylation is 3. The minimum Gasteiger partial charge on any atom is -0.495 e. The molecule has 0 bridgehead atoms. The second kappa shape index (κ2) is 8.08. The number of hydrogen-bond donors (Lipinski definition) is 1. The Hall–Kier alpha value is -3.08. The van der Waals surface area contributed by atoms with Gasteiger partial charge in [-0.15, -0.1) is 0 Å². The van der Waals surface area contributed by atoms with Crippen molar-refractivity contribution in [2.75, 3.05) is 12.4 Å². The summed E-state index contributed by atoms with van der Waals surface area (Å²) in [5, 5.41) is 3.83. The number of fused-ring (bicyclic) bond motifs is 1. The fraction of sp³-hybridized carbons (Fsp3) is 0.273. The number of ether oxygens (including phenoxy) is 1. The van der Waals surface area contributed by atoms with Crippen molar-refractivity contribution in [1.82, 2.24) is 4.57 Å². The minimum atomic E-state index is -0.135. The van der Waals surface area contributed by atoms with Crippen molar-refractivity contribution in [3.63, 3.8) is 0 Å². The number of anilines is 1. The first-order valence-electron chi connectivity index (χ1n) is 9.09. The van der Waals surface area contributed by atoms with Crippen LogP contribution in [0.15, 0.2) is 53.3 Å². The van der Waals surface area contributed by atoms with E-state index in [2.05, 4.69) is 12.2 Å². The number of carbonyl (C=O) groups is 1. The zero-order chi connectivity index (χ0) is 19.4. The van der Waals surface area contributed by atoms with Crippen molar-refractivity contribution < 1.29 is 9.53 Å². The van der Waals surface area contributed by atoms with Crippen LogP contribution < -0.4 is 15.6 Å². The Labute approximate surface area is 158 Å². The van der Waals surface area contributed by atoms with E-state index in [9.17, 15) is 9.59 Å². The van der Waals surface area contributed by atoms with Gasteiger partial charge in [0.15, 0.2) is 0 Å². The lowest BCUT2D eigenvalue weighted by Gasteiger charge is -2.15. The van der Waals surface area contributed by atoms with E-state index < -0.39 is 0 Å². The average Bonchev–Trinajstić information content (AvgIpc) is 2.68. The maximum atomic E-state index is 12.5. The van der Waals surface area contributed by atoms with E-state index >= 15 is 0 Å². The maximum absolute atomic E-state index is 12.5. The number of carbonyl (C=O) groups excluding carboxylic acids is 1. The molecule has 3 rings (SSSR count). The molecule has 0 saturated carbocycles. The predicted molar refractivity (Wildman–Crippen MR) is 109 cm³/mol. The number of aromatic nitrogens is 1. The van der Waals surface area contributed by atoms with Gasteiger partial charge in [-0.25, -0.2) is 0 Å². The van der Waals surface area contributed by atoms with Gasteiger partial charge in [-0.05, 0) is 42.7 Å². The summed E-state index contributed by atoms with van der Waals surface area (Å²) in [4.78, 5) is 24.9. The van der Waals surface area contributed by atoms with E-state index in [4.69, 9.17) is 4.74 Å². The summed E-state index contributed by atoms with van der Waals surface area (Å²) in [5.41, 5.74) is 3.47. The molecule has 0 saturated heterocycles. The van der Waals surface area contributed by atoms with Crippen molar-refractivity contribution >= 4 is 22.5 Å². The lowest BCUT2D eigenvalue weighted by atomic mass is 10.1. The van der Waals surface area contributed by atoms with Crippen LogP contribution in [0.5, 0.6) is 5.75 Å². The summed E-state index contributed by atoms with van der Waals surface area (Å²) >= 11 is 0.